The molecule has 96 valence electrons. The number of hydrogen-bond acceptors (Lipinski definition) is 3. The van der Waals surface area contributed by atoms with E-state index in [1.54, 1.807) is 0 Å². The van der Waals surface area contributed by atoms with Crippen molar-refractivity contribution < 1.29 is 4.74 Å². The second-order valence-electron chi connectivity index (χ2n) is 5.69. The van der Waals surface area contributed by atoms with Crippen molar-refractivity contribution in [2.45, 2.75) is 57.8 Å². The first kappa shape index (κ1) is 14.2. The molecule has 0 saturated carbocycles. The van der Waals surface area contributed by atoms with E-state index in [0.717, 1.165) is 13.2 Å². The van der Waals surface area contributed by atoms with Gasteiger partial charge in [0, 0.05) is 5.54 Å². The molecule has 0 spiro atoms. The fourth-order valence-corrected chi connectivity index (χ4v) is 3.08. The maximum Gasteiger partial charge on any atom is 0.132 e. The summed E-state index contributed by atoms with van der Waals surface area (Å²) in [5.41, 5.74) is -0.0211. The van der Waals surface area contributed by atoms with Crippen LogP contribution in [0, 0.1) is 0 Å². The number of likely N-dealkylation sites (N-methyl/N-ethyl adjacent to an activating group) is 1. The van der Waals surface area contributed by atoms with Gasteiger partial charge >= 0.3 is 0 Å². The van der Waals surface area contributed by atoms with Crippen LogP contribution in [-0.2, 0) is 4.74 Å². The zero-order valence-electron chi connectivity index (χ0n) is 10.9. The van der Waals surface area contributed by atoms with E-state index in [1.807, 2.05) is 0 Å². The van der Waals surface area contributed by atoms with Crippen LogP contribution >= 0.6 is 12.4 Å². The molecule has 2 rings (SSSR count). The Balaban J connectivity index is 0.00000128. The van der Waals surface area contributed by atoms with E-state index in [-0.39, 0.29) is 23.7 Å². The third kappa shape index (κ3) is 2.53. The summed E-state index contributed by atoms with van der Waals surface area (Å²) >= 11 is 0. The zero-order valence-corrected chi connectivity index (χ0v) is 11.7. The van der Waals surface area contributed by atoms with Gasteiger partial charge < -0.3 is 4.74 Å². The van der Waals surface area contributed by atoms with Crippen LogP contribution < -0.4 is 5.32 Å². The van der Waals surface area contributed by atoms with Gasteiger partial charge in [-0.1, -0.05) is 6.92 Å². The molecule has 0 amide bonds. The Morgan fingerprint density at radius 1 is 1.38 bits per heavy atom. The molecular weight excluding hydrogens is 224 g/mol. The van der Waals surface area contributed by atoms with Gasteiger partial charge in [0.05, 0.1) is 12.6 Å². The predicted octanol–water partition coefficient (Wildman–Crippen LogP) is 2.01. The standard InChI is InChI=1S/C12H24N2O.ClH/c1-5-14-8-6-7-10(14)12(4)13-11(2,3)9-15-12;/h10,13H,5-9H2,1-4H3;1H. The van der Waals surface area contributed by atoms with E-state index in [9.17, 15) is 0 Å². The van der Waals surface area contributed by atoms with Gasteiger partial charge in [-0.15, -0.1) is 12.4 Å². The first-order valence-electron chi connectivity index (χ1n) is 6.14. The summed E-state index contributed by atoms with van der Waals surface area (Å²) in [4.78, 5) is 2.54. The highest BCUT2D eigenvalue weighted by atomic mass is 35.5. The van der Waals surface area contributed by atoms with E-state index in [1.165, 1.54) is 19.4 Å². The Morgan fingerprint density at radius 2 is 2.06 bits per heavy atom. The summed E-state index contributed by atoms with van der Waals surface area (Å²) in [7, 11) is 0. The highest BCUT2D eigenvalue weighted by Gasteiger charge is 2.48. The number of ether oxygens (including phenoxy) is 1. The summed E-state index contributed by atoms with van der Waals surface area (Å²) in [6.45, 7) is 12.0. The molecule has 16 heavy (non-hydrogen) atoms. The first-order valence-corrected chi connectivity index (χ1v) is 6.14. The topological polar surface area (TPSA) is 24.5 Å². The van der Waals surface area contributed by atoms with Crippen molar-refractivity contribution in [3.05, 3.63) is 0 Å². The van der Waals surface area contributed by atoms with Crippen molar-refractivity contribution in [1.82, 2.24) is 10.2 Å². The quantitative estimate of drug-likeness (QED) is 0.809. The fourth-order valence-electron chi connectivity index (χ4n) is 3.08. The molecule has 2 unspecified atom stereocenters. The van der Waals surface area contributed by atoms with Gasteiger partial charge in [-0.2, -0.15) is 0 Å². The van der Waals surface area contributed by atoms with Gasteiger partial charge in [0.15, 0.2) is 0 Å². The van der Waals surface area contributed by atoms with Crippen molar-refractivity contribution in [1.29, 1.82) is 0 Å². The summed E-state index contributed by atoms with van der Waals surface area (Å²) < 4.78 is 6.02. The van der Waals surface area contributed by atoms with E-state index in [4.69, 9.17) is 4.74 Å². The van der Waals surface area contributed by atoms with Crippen LogP contribution in [0.4, 0.5) is 0 Å². The van der Waals surface area contributed by atoms with Gasteiger partial charge in [0.2, 0.25) is 0 Å². The lowest BCUT2D eigenvalue weighted by Gasteiger charge is -2.37. The Bertz CT molecular complexity index is 247. The van der Waals surface area contributed by atoms with Crippen molar-refractivity contribution >= 4 is 12.4 Å². The average molecular weight is 249 g/mol. The lowest BCUT2D eigenvalue weighted by atomic mass is 10.0. The minimum Gasteiger partial charge on any atom is -0.357 e. The number of rotatable bonds is 2. The largest absolute Gasteiger partial charge is 0.357 e. The third-order valence-corrected chi connectivity index (χ3v) is 3.73. The highest BCUT2D eigenvalue weighted by Crippen LogP contribution is 2.33. The molecule has 3 nitrogen and oxygen atoms in total. The van der Waals surface area contributed by atoms with Gasteiger partial charge in [-0.3, -0.25) is 10.2 Å². The number of halogens is 1. The van der Waals surface area contributed by atoms with E-state index in [0.29, 0.717) is 6.04 Å². The Hall–Kier alpha value is 0.170. The van der Waals surface area contributed by atoms with Crippen molar-refractivity contribution in [2.24, 2.45) is 0 Å². The van der Waals surface area contributed by atoms with Gasteiger partial charge in [-0.05, 0) is 46.7 Å². The van der Waals surface area contributed by atoms with E-state index < -0.39 is 0 Å². The molecule has 0 bridgehead atoms. The third-order valence-electron chi connectivity index (χ3n) is 3.73. The van der Waals surface area contributed by atoms with Crippen LogP contribution in [0.2, 0.25) is 0 Å². The molecule has 4 heteroatoms. The molecule has 0 aliphatic carbocycles. The van der Waals surface area contributed by atoms with Gasteiger partial charge in [0.25, 0.3) is 0 Å². The second kappa shape index (κ2) is 4.81. The molecule has 0 aromatic rings. The molecule has 2 saturated heterocycles. The lowest BCUT2D eigenvalue weighted by Crippen LogP contribution is -2.57. The molecule has 2 aliphatic rings. The minimum absolute atomic E-state index is 0. The maximum absolute atomic E-state index is 6.02. The van der Waals surface area contributed by atoms with E-state index in [2.05, 4.69) is 37.9 Å². The highest BCUT2D eigenvalue weighted by molar-refractivity contribution is 5.85. The number of nitrogens with zero attached hydrogens (tertiary/aromatic N) is 1. The number of hydrogen-bond donors (Lipinski definition) is 1. The molecule has 2 atom stereocenters. The van der Waals surface area contributed by atoms with Crippen LogP contribution in [0.5, 0.6) is 0 Å². The molecule has 1 N–H and O–H groups in total. The minimum atomic E-state index is -0.143. The monoisotopic (exact) mass is 248 g/mol. The van der Waals surface area contributed by atoms with Crippen LogP contribution in [0.15, 0.2) is 0 Å². The summed E-state index contributed by atoms with van der Waals surface area (Å²) in [6.07, 6.45) is 2.56. The van der Waals surface area contributed by atoms with Crippen molar-refractivity contribution in [2.75, 3.05) is 19.7 Å². The summed E-state index contributed by atoms with van der Waals surface area (Å²) in [5.74, 6) is 0. The Morgan fingerprint density at radius 3 is 2.56 bits per heavy atom. The van der Waals surface area contributed by atoms with Crippen LogP contribution in [0.3, 0.4) is 0 Å². The second-order valence-corrected chi connectivity index (χ2v) is 5.69. The molecule has 2 fully saturated rings. The fraction of sp³-hybridized carbons (Fsp3) is 1.00. The molecule has 0 aromatic carbocycles. The summed E-state index contributed by atoms with van der Waals surface area (Å²) in [5, 5.41) is 3.65. The molecule has 0 aromatic heterocycles. The summed E-state index contributed by atoms with van der Waals surface area (Å²) in [6, 6.07) is 0.546. The van der Waals surface area contributed by atoms with Crippen LogP contribution in [0.25, 0.3) is 0 Å². The SMILES string of the molecule is CCN1CCCC1C1(C)NC(C)(C)CO1.Cl. The van der Waals surface area contributed by atoms with E-state index >= 15 is 0 Å². The van der Waals surface area contributed by atoms with Crippen molar-refractivity contribution in [3.63, 3.8) is 0 Å². The molecule has 2 aliphatic heterocycles. The lowest BCUT2D eigenvalue weighted by molar-refractivity contribution is -0.0526. The zero-order chi connectivity index (χ0) is 11.1. The Kier molecular flexibility index (Phi) is 4.28. The number of likely N-dealkylation sites (tertiary alicyclic amines) is 1. The molecule has 0 radical (unpaired) electrons. The Labute approximate surface area is 105 Å². The maximum atomic E-state index is 6.02. The average Bonchev–Trinajstić information content (AvgIpc) is 2.71. The smallest absolute Gasteiger partial charge is 0.132 e. The van der Waals surface area contributed by atoms with Crippen LogP contribution in [0.1, 0.15) is 40.5 Å². The predicted molar refractivity (Wildman–Crippen MR) is 69.1 cm³/mol. The van der Waals surface area contributed by atoms with Gasteiger partial charge in [-0.25, -0.2) is 0 Å². The van der Waals surface area contributed by atoms with Gasteiger partial charge in [0.1, 0.15) is 5.72 Å². The number of nitrogens with one attached hydrogen (secondary N) is 1. The van der Waals surface area contributed by atoms with Crippen molar-refractivity contribution in [3.8, 4) is 0 Å². The first-order chi connectivity index (χ1) is 6.97. The van der Waals surface area contributed by atoms with Crippen LogP contribution in [-0.4, -0.2) is 41.9 Å². The molecule has 2 heterocycles. The molecular formula is C12H25ClN2O. The normalized spacial score (nSPS) is 38.6.